The van der Waals surface area contributed by atoms with Crippen molar-refractivity contribution in [1.82, 2.24) is 10.2 Å². The lowest BCUT2D eigenvalue weighted by molar-refractivity contribution is -0.117. The molecule has 0 spiro atoms. The molecule has 0 saturated heterocycles. The molecule has 10 heteroatoms. The van der Waals surface area contributed by atoms with Gasteiger partial charge < -0.3 is 11.1 Å². The van der Waals surface area contributed by atoms with Crippen molar-refractivity contribution < 1.29 is 18.0 Å². The summed E-state index contributed by atoms with van der Waals surface area (Å²) in [4.78, 5) is 21.2. The predicted molar refractivity (Wildman–Crippen MR) is 60.1 cm³/mol. The van der Waals surface area contributed by atoms with Crippen LogP contribution < -0.4 is 11.1 Å². The maximum atomic E-state index is 11.6. The van der Waals surface area contributed by atoms with Gasteiger partial charge in [0.1, 0.15) is 0 Å². The van der Waals surface area contributed by atoms with Crippen molar-refractivity contribution >= 4 is 38.1 Å². The summed E-state index contributed by atoms with van der Waals surface area (Å²) in [5.41, 5.74) is 4.86. The first-order valence-corrected chi connectivity index (χ1v) is 6.90. The highest BCUT2D eigenvalue weighted by atomic mass is 32.2. The monoisotopic (exact) mass is 278 g/mol. The van der Waals surface area contributed by atoms with E-state index in [0.717, 1.165) is 11.3 Å². The first-order valence-electron chi connectivity index (χ1n) is 4.43. The fourth-order valence-electron chi connectivity index (χ4n) is 0.859. The van der Waals surface area contributed by atoms with Crippen LogP contribution in [-0.2, 0) is 19.4 Å². The van der Waals surface area contributed by atoms with Crippen LogP contribution in [0.5, 0.6) is 0 Å². The van der Waals surface area contributed by atoms with Gasteiger partial charge in [0.15, 0.2) is 0 Å². The van der Waals surface area contributed by atoms with E-state index in [4.69, 9.17) is 5.73 Å². The Balaban J connectivity index is 2.81. The zero-order valence-corrected chi connectivity index (χ0v) is 10.5. The molecule has 0 radical (unpaired) electrons. The molecule has 3 N–H and O–H groups in total. The SMILES string of the molecule is CC(=O)Nc1nnc(S(=O)(=O)CCC(N)=O)s1. The van der Waals surface area contributed by atoms with Crippen molar-refractivity contribution in [3.63, 3.8) is 0 Å². The molecule has 0 bridgehead atoms. The van der Waals surface area contributed by atoms with Gasteiger partial charge in [-0.2, -0.15) is 0 Å². The Morgan fingerprint density at radius 1 is 1.41 bits per heavy atom. The summed E-state index contributed by atoms with van der Waals surface area (Å²) in [6.07, 6.45) is -0.280. The molecule has 0 aliphatic heterocycles. The van der Waals surface area contributed by atoms with E-state index >= 15 is 0 Å². The number of primary amides is 1. The minimum absolute atomic E-state index is 0.0927. The summed E-state index contributed by atoms with van der Waals surface area (Å²) in [5, 5.41) is 9.33. The second kappa shape index (κ2) is 5.19. The number of nitrogens with one attached hydrogen (secondary N) is 1. The quantitative estimate of drug-likeness (QED) is 0.674. The van der Waals surface area contributed by atoms with Gasteiger partial charge in [0, 0.05) is 13.3 Å². The van der Waals surface area contributed by atoms with Crippen LogP contribution in [0.1, 0.15) is 13.3 Å². The fraction of sp³-hybridized carbons (Fsp3) is 0.429. The summed E-state index contributed by atoms with van der Waals surface area (Å²) < 4.78 is 23.0. The molecule has 1 aromatic heterocycles. The Kier molecular flexibility index (Phi) is 4.12. The number of amides is 2. The Morgan fingerprint density at radius 3 is 2.59 bits per heavy atom. The Bertz CT molecular complexity index is 536. The highest BCUT2D eigenvalue weighted by molar-refractivity contribution is 7.93. The Morgan fingerprint density at radius 2 is 2.06 bits per heavy atom. The van der Waals surface area contributed by atoms with E-state index < -0.39 is 21.5 Å². The van der Waals surface area contributed by atoms with Crippen molar-refractivity contribution in [1.29, 1.82) is 0 Å². The van der Waals surface area contributed by atoms with Crippen molar-refractivity contribution in [2.45, 2.75) is 17.7 Å². The molecule has 0 aliphatic rings. The Labute approximate surface area is 101 Å². The van der Waals surface area contributed by atoms with E-state index in [2.05, 4.69) is 15.5 Å². The van der Waals surface area contributed by atoms with E-state index in [-0.39, 0.29) is 21.8 Å². The van der Waals surface area contributed by atoms with Gasteiger partial charge in [-0.05, 0) is 0 Å². The number of anilines is 1. The summed E-state index contributed by atoms with van der Waals surface area (Å²) in [5.74, 6) is -1.50. The number of nitrogens with zero attached hydrogens (tertiary/aromatic N) is 2. The molecule has 17 heavy (non-hydrogen) atoms. The minimum atomic E-state index is -3.68. The molecule has 0 unspecified atom stereocenters. The van der Waals surface area contributed by atoms with Crippen LogP contribution in [-0.4, -0.2) is 36.2 Å². The van der Waals surface area contributed by atoms with Gasteiger partial charge in [-0.1, -0.05) is 11.3 Å². The van der Waals surface area contributed by atoms with E-state index in [1.807, 2.05) is 0 Å². The van der Waals surface area contributed by atoms with Gasteiger partial charge in [-0.25, -0.2) is 8.42 Å². The third-order valence-electron chi connectivity index (χ3n) is 1.57. The fourth-order valence-corrected chi connectivity index (χ4v) is 3.19. The lowest BCUT2D eigenvalue weighted by atomic mass is 10.5. The van der Waals surface area contributed by atoms with E-state index in [0.29, 0.717) is 0 Å². The first-order chi connectivity index (χ1) is 7.81. The highest BCUT2D eigenvalue weighted by Crippen LogP contribution is 2.21. The van der Waals surface area contributed by atoms with Gasteiger partial charge in [-0.3, -0.25) is 9.59 Å². The predicted octanol–water partition coefficient (Wildman–Crippen LogP) is -0.854. The number of aromatic nitrogens is 2. The molecule has 1 aromatic rings. The second-order valence-corrected chi connectivity index (χ2v) is 6.35. The normalized spacial score (nSPS) is 11.1. The lowest BCUT2D eigenvalue weighted by Crippen LogP contribution is -2.17. The third kappa shape index (κ3) is 4.07. The topological polar surface area (TPSA) is 132 Å². The zero-order valence-electron chi connectivity index (χ0n) is 8.84. The lowest BCUT2D eigenvalue weighted by Gasteiger charge is -1.96. The van der Waals surface area contributed by atoms with E-state index in [9.17, 15) is 18.0 Å². The zero-order chi connectivity index (χ0) is 13.1. The molecule has 0 fully saturated rings. The number of carbonyl (C=O) groups is 2. The molecule has 94 valence electrons. The maximum absolute atomic E-state index is 11.6. The molecule has 0 saturated carbocycles. The number of hydrogen-bond donors (Lipinski definition) is 2. The number of rotatable bonds is 5. The van der Waals surface area contributed by atoms with Crippen molar-refractivity contribution in [3.05, 3.63) is 0 Å². The summed E-state index contributed by atoms with van der Waals surface area (Å²) in [6.45, 7) is 1.27. The maximum Gasteiger partial charge on any atom is 0.234 e. The molecule has 1 heterocycles. The van der Waals surface area contributed by atoms with Crippen LogP contribution in [0.2, 0.25) is 0 Å². The molecule has 0 atom stereocenters. The largest absolute Gasteiger partial charge is 0.370 e. The van der Waals surface area contributed by atoms with Gasteiger partial charge in [0.2, 0.25) is 31.1 Å². The van der Waals surface area contributed by atoms with Crippen LogP contribution >= 0.6 is 11.3 Å². The first kappa shape index (κ1) is 13.5. The standard InChI is InChI=1S/C7H10N4O4S2/c1-4(12)9-6-10-11-7(16-6)17(14,15)3-2-5(8)13/h2-3H2,1H3,(H2,8,13)(H,9,10,12). The second-order valence-electron chi connectivity index (χ2n) is 3.09. The summed E-state index contributed by atoms with van der Waals surface area (Å²) in [7, 11) is -3.68. The van der Waals surface area contributed by atoms with Gasteiger partial charge in [-0.15, -0.1) is 10.2 Å². The molecular weight excluding hydrogens is 268 g/mol. The summed E-state index contributed by atoms with van der Waals surface area (Å²) in [6, 6.07) is 0. The molecule has 2 amide bonds. The van der Waals surface area contributed by atoms with Crippen molar-refractivity contribution in [3.8, 4) is 0 Å². The van der Waals surface area contributed by atoms with Crippen LogP contribution in [0.15, 0.2) is 4.34 Å². The van der Waals surface area contributed by atoms with Crippen LogP contribution in [0.3, 0.4) is 0 Å². The average Bonchev–Trinajstić information content (AvgIpc) is 2.63. The number of carbonyl (C=O) groups excluding carboxylic acids is 2. The molecule has 0 aliphatic carbocycles. The van der Waals surface area contributed by atoms with E-state index in [1.54, 1.807) is 0 Å². The van der Waals surface area contributed by atoms with Gasteiger partial charge in [0.05, 0.1) is 5.75 Å². The highest BCUT2D eigenvalue weighted by Gasteiger charge is 2.21. The molecule has 8 nitrogen and oxygen atoms in total. The molecular formula is C7H10N4O4S2. The number of hydrogen-bond acceptors (Lipinski definition) is 7. The van der Waals surface area contributed by atoms with Crippen molar-refractivity contribution in [2.24, 2.45) is 5.73 Å². The molecule has 0 aromatic carbocycles. The average molecular weight is 278 g/mol. The van der Waals surface area contributed by atoms with Crippen LogP contribution in [0, 0.1) is 0 Å². The van der Waals surface area contributed by atoms with Crippen LogP contribution in [0.25, 0.3) is 0 Å². The minimum Gasteiger partial charge on any atom is -0.370 e. The molecule has 1 rings (SSSR count). The summed E-state index contributed by atoms with van der Waals surface area (Å²) >= 11 is 0.726. The van der Waals surface area contributed by atoms with Crippen LogP contribution in [0.4, 0.5) is 5.13 Å². The smallest absolute Gasteiger partial charge is 0.234 e. The van der Waals surface area contributed by atoms with Gasteiger partial charge in [0.25, 0.3) is 0 Å². The van der Waals surface area contributed by atoms with Crippen molar-refractivity contribution in [2.75, 3.05) is 11.1 Å². The van der Waals surface area contributed by atoms with E-state index in [1.165, 1.54) is 6.92 Å². The third-order valence-corrected chi connectivity index (χ3v) is 4.57. The Hall–Kier alpha value is -1.55. The number of sulfone groups is 1. The van der Waals surface area contributed by atoms with Gasteiger partial charge >= 0.3 is 0 Å². The number of nitrogens with two attached hydrogens (primary N) is 1.